The summed E-state index contributed by atoms with van der Waals surface area (Å²) in [6, 6.07) is 13.9. The van der Waals surface area contributed by atoms with Crippen molar-refractivity contribution < 1.29 is 4.79 Å². The average Bonchev–Trinajstić information content (AvgIpc) is 2.99. The molecule has 0 atom stereocenters. The highest BCUT2D eigenvalue weighted by molar-refractivity contribution is 6.01. The van der Waals surface area contributed by atoms with Gasteiger partial charge in [-0.25, -0.2) is 9.97 Å². The quantitative estimate of drug-likeness (QED) is 0.679. The number of aliphatic imine (C=N–C) groups is 1. The zero-order chi connectivity index (χ0) is 18.1. The lowest BCUT2D eigenvalue weighted by Crippen LogP contribution is -2.41. The standard InChI is InChI=1S/C21H20N4O/c1-21(2)24-9-10-25(21)13-20(26)17-6-4-15-3-5-16(11-18(15)12-17)19-7-8-22-14-23-19/h3-9,11-12,14H,10,13H2,1-2H3. The number of nitrogens with zero attached hydrogens (tertiary/aromatic N) is 4. The molecule has 5 nitrogen and oxygen atoms in total. The van der Waals surface area contributed by atoms with Crippen LogP contribution in [0.25, 0.3) is 22.0 Å². The minimum Gasteiger partial charge on any atom is -0.293 e. The summed E-state index contributed by atoms with van der Waals surface area (Å²) in [6.45, 7) is 5.13. The van der Waals surface area contributed by atoms with E-state index in [9.17, 15) is 4.79 Å². The van der Waals surface area contributed by atoms with Gasteiger partial charge in [0.05, 0.1) is 12.2 Å². The lowest BCUT2D eigenvalue weighted by Gasteiger charge is -2.28. The third kappa shape index (κ3) is 3.13. The van der Waals surface area contributed by atoms with Crippen LogP contribution in [0.15, 0.2) is 60.0 Å². The van der Waals surface area contributed by atoms with Crippen LogP contribution in [0.2, 0.25) is 0 Å². The predicted octanol–water partition coefficient (Wildman–Crippen LogP) is 3.60. The number of aromatic nitrogens is 2. The fourth-order valence-corrected chi connectivity index (χ4v) is 3.23. The highest BCUT2D eigenvalue weighted by atomic mass is 16.1. The van der Waals surface area contributed by atoms with E-state index in [0.717, 1.165) is 27.6 Å². The summed E-state index contributed by atoms with van der Waals surface area (Å²) in [5, 5.41) is 2.13. The van der Waals surface area contributed by atoms with E-state index < -0.39 is 0 Å². The van der Waals surface area contributed by atoms with Gasteiger partial charge < -0.3 is 0 Å². The molecule has 130 valence electrons. The van der Waals surface area contributed by atoms with Gasteiger partial charge in [-0.1, -0.05) is 24.3 Å². The molecule has 0 radical (unpaired) electrons. The third-order valence-corrected chi connectivity index (χ3v) is 4.86. The molecule has 0 aliphatic carbocycles. The highest BCUT2D eigenvalue weighted by Crippen LogP contribution is 2.25. The summed E-state index contributed by atoms with van der Waals surface area (Å²) >= 11 is 0. The first-order chi connectivity index (χ1) is 12.5. The van der Waals surface area contributed by atoms with Crippen LogP contribution >= 0.6 is 0 Å². The second-order valence-corrected chi connectivity index (χ2v) is 6.98. The first-order valence-corrected chi connectivity index (χ1v) is 8.65. The van der Waals surface area contributed by atoms with E-state index in [-0.39, 0.29) is 11.4 Å². The molecule has 0 saturated carbocycles. The lowest BCUT2D eigenvalue weighted by atomic mass is 10.0. The smallest absolute Gasteiger partial charge is 0.176 e. The van der Waals surface area contributed by atoms with Crippen molar-refractivity contribution >= 4 is 22.8 Å². The van der Waals surface area contributed by atoms with E-state index in [4.69, 9.17) is 0 Å². The molecule has 0 N–H and O–H groups in total. The Kier molecular flexibility index (Phi) is 4.09. The zero-order valence-electron chi connectivity index (χ0n) is 14.9. The SMILES string of the molecule is CC1(C)N=CCN1CC(=O)c1ccc2ccc(-c3ccncn3)cc2c1. The summed E-state index contributed by atoms with van der Waals surface area (Å²) in [5.74, 6) is 0.109. The average molecular weight is 344 g/mol. The Bertz CT molecular complexity index is 995. The number of carbonyl (C=O) groups excluding carboxylic acids is 1. The molecule has 1 aliphatic heterocycles. The summed E-state index contributed by atoms with van der Waals surface area (Å²) in [6.07, 6.45) is 5.15. The van der Waals surface area contributed by atoms with E-state index in [1.807, 2.05) is 50.4 Å². The van der Waals surface area contributed by atoms with Crippen LogP contribution in [0.5, 0.6) is 0 Å². The Balaban J connectivity index is 1.63. The molecule has 0 bridgehead atoms. The van der Waals surface area contributed by atoms with Crippen LogP contribution in [-0.2, 0) is 0 Å². The van der Waals surface area contributed by atoms with Gasteiger partial charge in [0.15, 0.2) is 5.78 Å². The van der Waals surface area contributed by atoms with E-state index in [2.05, 4.69) is 32.0 Å². The predicted molar refractivity (Wildman–Crippen MR) is 103 cm³/mol. The molecule has 1 aliphatic rings. The van der Waals surface area contributed by atoms with E-state index in [1.54, 1.807) is 12.5 Å². The largest absolute Gasteiger partial charge is 0.293 e. The van der Waals surface area contributed by atoms with Gasteiger partial charge in [-0.2, -0.15) is 0 Å². The molecule has 2 heterocycles. The Morgan fingerprint density at radius 1 is 1.12 bits per heavy atom. The highest BCUT2D eigenvalue weighted by Gasteiger charge is 2.30. The number of carbonyl (C=O) groups is 1. The minimum atomic E-state index is -0.313. The number of Topliss-reactive ketones (excluding diaryl/α,β-unsaturated/α-hetero) is 1. The van der Waals surface area contributed by atoms with E-state index in [1.165, 1.54) is 0 Å². The van der Waals surface area contributed by atoms with Gasteiger partial charge in [0.25, 0.3) is 0 Å². The van der Waals surface area contributed by atoms with Crippen molar-refractivity contribution in [2.45, 2.75) is 19.5 Å². The van der Waals surface area contributed by atoms with Crippen molar-refractivity contribution in [3.63, 3.8) is 0 Å². The Hall–Kier alpha value is -2.92. The molecule has 0 spiro atoms. The molecular weight excluding hydrogens is 324 g/mol. The number of hydrogen-bond donors (Lipinski definition) is 0. The van der Waals surface area contributed by atoms with Gasteiger partial charge in [0.1, 0.15) is 12.0 Å². The number of hydrogen-bond acceptors (Lipinski definition) is 5. The van der Waals surface area contributed by atoms with Gasteiger partial charge in [0, 0.05) is 30.1 Å². The monoisotopic (exact) mass is 344 g/mol. The number of ketones is 1. The lowest BCUT2D eigenvalue weighted by molar-refractivity contribution is 0.0867. The van der Waals surface area contributed by atoms with Crippen molar-refractivity contribution in [2.75, 3.05) is 13.1 Å². The van der Waals surface area contributed by atoms with Crippen LogP contribution in [0.1, 0.15) is 24.2 Å². The molecule has 0 unspecified atom stereocenters. The van der Waals surface area contributed by atoms with E-state index in [0.29, 0.717) is 13.1 Å². The van der Waals surface area contributed by atoms with Gasteiger partial charge in [-0.15, -0.1) is 0 Å². The molecule has 0 saturated heterocycles. The summed E-state index contributed by atoms with van der Waals surface area (Å²) in [4.78, 5) is 27.5. The van der Waals surface area contributed by atoms with Crippen molar-refractivity contribution in [3.05, 3.63) is 60.6 Å². The molecule has 26 heavy (non-hydrogen) atoms. The van der Waals surface area contributed by atoms with Gasteiger partial charge in [-0.05, 0) is 42.8 Å². The normalized spacial score (nSPS) is 16.2. The fraction of sp³-hybridized carbons (Fsp3) is 0.238. The summed E-state index contributed by atoms with van der Waals surface area (Å²) in [5.41, 5.74) is 2.29. The summed E-state index contributed by atoms with van der Waals surface area (Å²) < 4.78 is 0. The first kappa shape index (κ1) is 16.5. The number of rotatable bonds is 4. The maximum Gasteiger partial charge on any atom is 0.176 e. The Morgan fingerprint density at radius 2 is 1.96 bits per heavy atom. The first-order valence-electron chi connectivity index (χ1n) is 8.65. The van der Waals surface area contributed by atoms with Crippen molar-refractivity contribution in [1.29, 1.82) is 0 Å². The Morgan fingerprint density at radius 3 is 2.69 bits per heavy atom. The maximum atomic E-state index is 12.8. The molecule has 2 aromatic carbocycles. The second-order valence-electron chi connectivity index (χ2n) is 6.98. The van der Waals surface area contributed by atoms with Crippen LogP contribution in [0, 0.1) is 0 Å². The molecule has 5 heteroatoms. The maximum absolute atomic E-state index is 12.8. The van der Waals surface area contributed by atoms with Crippen LogP contribution in [0.4, 0.5) is 0 Å². The fourth-order valence-electron chi connectivity index (χ4n) is 3.23. The molecule has 0 amide bonds. The second kappa shape index (κ2) is 6.42. The molecular formula is C21H20N4O. The van der Waals surface area contributed by atoms with Gasteiger partial charge in [0.2, 0.25) is 0 Å². The summed E-state index contributed by atoms with van der Waals surface area (Å²) in [7, 11) is 0. The molecule has 4 rings (SSSR count). The topological polar surface area (TPSA) is 58.5 Å². The zero-order valence-corrected chi connectivity index (χ0v) is 14.9. The number of fused-ring (bicyclic) bond motifs is 1. The van der Waals surface area contributed by atoms with Crippen molar-refractivity contribution in [2.24, 2.45) is 4.99 Å². The van der Waals surface area contributed by atoms with Crippen LogP contribution in [-0.4, -0.2) is 45.6 Å². The Labute approximate surface area is 152 Å². The molecule has 1 aromatic heterocycles. The van der Waals surface area contributed by atoms with Crippen molar-refractivity contribution in [3.8, 4) is 11.3 Å². The minimum absolute atomic E-state index is 0.109. The van der Waals surface area contributed by atoms with E-state index >= 15 is 0 Å². The van der Waals surface area contributed by atoms with Crippen molar-refractivity contribution in [1.82, 2.24) is 14.9 Å². The molecule has 0 fully saturated rings. The van der Waals surface area contributed by atoms with Gasteiger partial charge >= 0.3 is 0 Å². The number of benzene rings is 2. The van der Waals surface area contributed by atoms with Crippen LogP contribution in [0.3, 0.4) is 0 Å². The third-order valence-electron chi connectivity index (χ3n) is 4.86. The van der Waals surface area contributed by atoms with Gasteiger partial charge in [-0.3, -0.25) is 14.7 Å². The molecule has 3 aromatic rings. The van der Waals surface area contributed by atoms with Crippen LogP contribution < -0.4 is 0 Å².